The zero-order valence-corrected chi connectivity index (χ0v) is 12.6. The molecule has 0 aromatic heterocycles. The summed E-state index contributed by atoms with van der Waals surface area (Å²) in [6.07, 6.45) is 1.72. The highest BCUT2D eigenvalue weighted by Gasteiger charge is 2.35. The van der Waals surface area contributed by atoms with Crippen LogP contribution >= 0.6 is 0 Å². The molecular formula is C14H17F2NO4S. The lowest BCUT2D eigenvalue weighted by molar-refractivity contribution is -0.156. The molecule has 1 saturated carbocycles. The molecule has 122 valence electrons. The first kappa shape index (κ1) is 15.8. The van der Waals surface area contributed by atoms with Crippen molar-refractivity contribution < 1.29 is 26.7 Å². The Balaban J connectivity index is 1.70. The van der Waals surface area contributed by atoms with Crippen LogP contribution < -0.4 is 4.72 Å². The number of halogens is 2. The van der Waals surface area contributed by atoms with Crippen LogP contribution in [-0.4, -0.2) is 39.9 Å². The Morgan fingerprint density at radius 2 is 1.77 bits per heavy atom. The van der Waals surface area contributed by atoms with E-state index >= 15 is 0 Å². The molecule has 3 rings (SSSR count). The van der Waals surface area contributed by atoms with E-state index in [9.17, 15) is 17.2 Å². The van der Waals surface area contributed by atoms with E-state index in [0.29, 0.717) is 38.5 Å². The predicted molar refractivity (Wildman–Crippen MR) is 73.8 cm³/mol. The van der Waals surface area contributed by atoms with Gasteiger partial charge in [-0.05, 0) is 37.5 Å². The molecule has 1 saturated heterocycles. The van der Waals surface area contributed by atoms with Crippen molar-refractivity contribution in [1.82, 2.24) is 4.72 Å². The summed E-state index contributed by atoms with van der Waals surface area (Å²) in [4.78, 5) is -0.283. The third-order valence-corrected chi connectivity index (χ3v) is 5.52. The van der Waals surface area contributed by atoms with Crippen LogP contribution in [-0.2, 0) is 19.5 Å². The van der Waals surface area contributed by atoms with E-state index in [1.165, 1.54) is 0 Å². The molecule has 1 aliphatic heterocycles. The van der Waals surface area contributed by atoms with E-state index in [2.05, 4.69) is 4.72 Å². The third kappa shape index (κ3) is 3.29. The van der Waals surface area contributed by atoms with E-state index < -0.39 is 21.7 Å². The van der Waals surface area contributed by atoms with Crippen LogP contribution in [0.15, 0.2) is 23.1 Å². The summed E-state index contributed by atoms with van der Waals surface area (Å²) in [7, 11) is -3.89. The molecule has 1 heterocycles. The number of fused-ring (bicyclic) bond motifs is 1. The van der Waals surface area contributed by atoms with Gasteiger partial charge in [0.1, 0.15) is 0 Å². The number of ether oxygens (including phenoxy) is 2. The van der Waals surface area contributed by atoms with E-state index in [-0.39, 0.29) is 23.1 Å². The summed E-state index contributed by atoms with van der Waals surface area (Å²) in [5.41, 5.74) is 0. The van der Waals surface area contributed by atoms with Crippen LogP contribution in [0.25, 0.3) is 0 Å². The minimum Gasteiger partial charge on any atom is -0.373 e. The maximum atomic E-state index is 13.2. The van der Waals surface area contributed by atoms with Gasteiger partial charge in [-0.3, -0.25) is 0 Å². The van der Waals surface area contributed by atoms with Crippen molar-refractivity contribution in [1.29, 1.82) is 0 Å². The Morgan fingerprint density at radius 1 is 1.05 bits per heavy atom. The third-order valence-electron chi connectivity index (χ3n) is 4.00. The topological polar surface area (TPSA) is 64.6 Å². The predicted octanol–water partition coefficient (Wildman–Crippen LogP) is 1.58. The summed E-state index contributed by atoms with van der Waals surface area (Å²) in [6, 6.07) is 2.23. The first-order chi connectivity index (χ1) is 10.5. The largest absolute Gasteiger partial charge is 0.373 e. The summed E-state index contributed by atoms with van der Waals surface area (Å²) >= 11 is 0. The van der Waals surface area contributed by atoms with Gasteiger partial charge in [-0.2, -0.15) is 0 Å². The molecule has 0 radical (unpaired) electrons. The number of benzene rings is 1. The Morgan fingerprint density at radius 3 is 2.50 bits per heavy atom. The average molecular weight is 333 g/mol. The standard InChI is InChI=1S/C14H17F2NO4S/c15-11-3-2-10(8-12(11)16)22(18,19)17-9-1-4-13-14(7-9)21-6-5-20-13/h2-3,8-9,13-14,17H,1,4-7H2/t9-,13+,14-/m1/s1. The smallest absolute Gasteiger partial charge is 0.240 e. The quantitative estimate of drug-likeness (QED) is 0.912. The second-order valence-electron chi connectivity index (χ2n) is 5.53. The molecule has 5 nitrogen and oxygen atoms in total. The van der Waals surface area contributed by atoms with Gasteiger partial charge in [0, 0.05) is 6.04 Å². The molecule has 0 bridgehead atoms. The molecule has 0 unspecified atom stereocenters. The molecule has 22 heavy (non-hydrogen) atoms. The summed E-state index contributed by atoms with van der Waals surface area (Å²) < 4.78 is 64.3. The molecule has 0 amide bonds. The molecule has 1 aromatic carbocycles. The lowest BCUT2D eigenvalue weighted by Gasteiger charge is -2.38. The molecule has 1 N–H and O–H groups in total. The van der Waals surface area contributed by atoms with Crippen molar-refractivity contribution >= 4 is 10.0 Å². The maximum Gasteiger partial charge on any atom is 0.240 e. The average Bonchev–Trinajstić information content (AvgIpc) is 2.49. The van der Waals surface area contributed by atoms with E-state index in [0.717, 1.165) is 12.1 Å². The number of rotatable bonds is 3. The Hall–Kier alpha value is -1.09. The van der Waals surface area contributed by atoms with Gasteiger partial charge >= 0.3 is 0 Å². The lowest BCUT2D eigenvalue weighted by Crippen LogP contribution is -2.49. The highest BCUT2D eigenvalue weighted by atomic mass is 32.2. The number of hydrogen-bond acceptors (Lipinski definition) is 4. The zero-order valence-electron chi connectivity index (χ0n) is 11.8. The fourth-order valence-corrected chi connectivity index (χ4v) is 4.20. The van der Waals surface area contributed by atoms with Crippen molar-refractivity contribution in [3.05, 3.63) is 29.8 Å². The monoisotopic (exact) mass is 333 g/mol. The second kappa shape index (κ2) is 6.19. The number of sulfonamides is 1. The fraction of sp³-hybridized carbons (Fsp3) is 0.571. The van der Waals surface area contributed by atoms with Gasteiger partial charge in [0.2, 0.25) is 10.0 Å². The van der Waals surface area contributed by atoms with Crippen LogP contribution in [0, 0.1) is 11.6 Å². The summed E-state index contributed by atoms with van der Waals surface area (Å²) in [5.74, 6) is -2.26. The summed E-state index contributed by atoms with van der Waals surface area (Å²) in [5, 5.41) is 0. The Labute approximate surface area is 127 Å². The molecule has 8 heteroatoms. The molecular weight excluding hydrogens is 316 g/mol. The van der Waals surface area contributed by atoms with Crippen LogP contribution in [0.3, 0.4) is 0 Å². The van der Waals surface area contributed by atoms with Crippen molar-refractivity contribution in [2.24, 2.45) is 0 Å². The van der Waals surface area contributed by atoms with E-state index in [4.69, 9.17) is 9.47 Å². The van der Waals surface area contributed by atoms with E-state index in [1.54, 1.807) is 0 Å². The lowest BCUT2D eigenvalue weighted by atomic mass is 9.90. The SMILES string of the molecule is O=S(=O)(N[C@@H]1CC[C@@H]2OCCO[C@@H]2C1)c1ccc(F)c(F)c1. The highest BCUT2D eigenvalue weighted by molar-refractivity contribution is 7.89. The van der Waals surface area contributed by atoms with Crippen LogP contribution in [0.2, 0.25) is 0 Å². The van der Waals surface area contributed by atoms with Crippen molar-refractivity contribution in [2.45, 2.75) is 42.4 Å². The maximum absolute atomic E-state index is 13.2. The first-order valence-electron chi connectivity index (χ1n) is 7.16. The molecule has 0 spiro atoms. The summed E-state index contributed by atoms with van der Waals surface area (Å²) in [6.45, 7) is 1.07. The van der Waals surface area contributed by atoms with Gasteiger partial charge in [-0.15, -0.1) is 0 Å². The number of nitrogens with one attached hydrogen (secondary N) is 1. The van der Waals surface area contributed by atoms with Gasteiger partial charge in [0.05, 0.1) is 30.3 Å². The Kier molecular flexibility index (Phi) is 4.44. The molecule has 2 aliphatic rings. The normalized spacial score (nSPS) is 29.1. The van der Waals surface area contributed by atoms with Crippen LogP contribution in [0.1, 0.15) is 19.3 Å². The van der Waals surface area contributed by atoms with Gasteiger partial charge in [0.25, 0.3) is 0 Å². The van der Waals surface area contributed by atoms with Gasteiger partial charge in [-0.1, -0.05) is 0 Å². The number of hydrogen-bond donors (Lipinski definition) is 1. The molecule has 3 atom stereocenters. The minimum atomic E-state index is -3.89. The van der Waals surface area contributed by atoms with Crippen molar-refractivity contribution in [2.75, 3.05) is 13.2 Å². The second-order valence-corrected chi connectivity index (χ2v) is 7.24. The highest BCUT2D eigenvalue weighted by Crippen LogP contribution is 2.27. The Bertz CT molecular complexity index is 652. The van der Waals surface area contributed by atoms with Gasteiger partial charge in [0.15, 0.2) is 11.6 Å². The molecule has 1 aromatic rings. The zero-order chi connectivity index (χ0) is 15.7. The van der Waals surface area contributed by atoms with E-state index in [1.807, 2.05) is 0 Å². The molecule has 1 aliphatic carbocycles. The van der Waals surface area contributed by atoms with Crippen LogP contribution in [0.5, 0.6) is 0 Å². The van der Waals surface area contributed by atoms with Crippen molar-refractivity contribution in [3.63, 3.8) is 0 Å². The van der Waals surface area contributed by atoms with Gasteiger partial charge in [-0.25, -0.2) is 21.9 Å². The fourth-order valence-electron chi connectivity index (χ4n) is 2.90. The first-order valence-corrected chi connectivity index (χ1v) is 8.64. The minimum absolute atomic E-state index is 0.0118. The van der Waals surface area contributed by atoms with Gasteiger partial charge < -0.3 is 9.47 Å². The van der Waals surface area contributed by atoms with Crippen LogP contribution in [0.4, 0.5) is 8.78 Å². The molecule has 2 fully saturated rings. The van der Waals surface area contributed by atoms with Crippen molar-refractivity contribution in [3.8, 4) is 0 Å².